The van der Waals surface area contributed by atoms with E-state index in [0.717, 1.165) is 0 Å². The summed E-state index contributed by atoms with van der Waals surface area (Å²) >= 11 is 0. The molecule has 0 unspecified atom stereocenters. The number of amides is 1. The Morgan fingerprint density at radius 2 is 2.06 bits per heavy atom. The maximum Gasteiger partial charge on any atom is 0.336 e. The third-order valence-electron chi connectivity index (χ3n) is 4.73. The van der Waals surface area contributed by atoms with Crippen molar-refractivity contribution in [2.75, 3.05) is 7.11 Å². The number of rotatable bonds is 8. The van der Waals surface area contributed by atoms with Crippen LogP contribution < -0.4 is 11.0 Å². The Hall–Kier alpha value is -4.49. The molecular formula is C23H20N4O6. The van der Waals surface area contributed by atoms with Crippen LogP contribution in [-0.4, -0.2) is 34.9 Å². The van der Waals surface area contributed by atoms with Gasteiger partial charge in [-0.15, -0.1) is 0 Å². The first kappa shape index (κ1) is 23.2. The van der Waals surface area contributed by atoms with E-state index in [2.05, 4.69) is 10.5 Å². The highest BCUT2D eigenvalue weighted by atomic mass is 16.5. The van der Waals surface area contributed by atoms with Crippen molar-refractivity contribution in [1.29, 1.82) is 5.26 Å². The smallest absolute Gasteiger partial charge is 0.336 e. The Balaban J connectivity index is 1.71. The first-order valence-corrected chi connectivity index (χ1v) is 9.72. The first-order valence-electron chi connectivity index (χ1n) is 9.72. The molecular weight excluding hydrogens is 428 g/mol. The van der Waals surface area contributed by atoms with Gasteiger partial charge in [-0.1, -0.05) is 18.2 Å². The van der Waals surface area contributed by atoms with Crippen LogP contribution in [0.15, 0.2) is 56.8 Å². The average Bonchev–Trinajstić information content (AvgIpc) is 3.26. The van der Waals surface area contributed by atoms with Crippen molar-refractivity contribution in [3.8, 4) is 17.4 Å². The number of nitriles is 1. The van der Waals surface area contributed by atoms with Crippen molar-refractivity contribution in [2.45, 2.75) is 20.1 Å². The number of hydrogen-bond donors (Lipinski definition) is 2. The minimum absolute atomic E-state index is 0.0801. The van der Waals surface area contributed by atoms with Crippen LogP contribution in [0.1, 0.15) is 32.9 Å². The second kappa shape index (κ2) is 10.2. The predicted octanol–water partition coefficient (Wildman–Crippen LogP) is 2.28. The molecule has 3 aromatic rings. The molecule has 0 atom stereocenters. The highest BCUT2D eigenvalue weighted by Crippen LogP contribution is 2.25. The number of methoxy groups -OCH3 is 1. The summed E-state index contributed by atoms with van der Waals surface area (Å²) in [5.74, 6) is -1.04. The van der Waals surface area contributed by atoms with Crippen LogP contribution in [-0.2, 0) is 22.7 Å². The Kier molecular flexibility index (Phi) is 7.17. The average molecular weight is 448 g/mol. The Morgan fingerprint density at radius 3 is 2.76 bits per heavy atom. The van der Waals surface area contributed by atoms with E-state index >= 15 is 0 Å². The van der Waals surface area contributed by atoms with E-state index in [-0.39, 0.29) is 30.0 Å². The number of pyridine rings is 1. The van der Waals surface area contributed by atoms with E-state index in [1.165, 1.54) is 24.0 Å². The third kappa shape index (κ3) is 5.23. The molecule has 0 saturated heterocycles. The maximum atomic E-state index is 12.6. The molecule has 1 aromatic carbocycles. The number of benzene rings is 1. The standard InChI is InChI=1S/C23H20N4O6/c1-14-9-15(13-32-2)19(10-24)22(29)27(14)12-21(28)26-25-11-16-7-8-20(33-16)17-5-3-4-6-18(17)23(30)31/h3-9,11H,12-13H2,1-2H3,(H,26,28)(H,30,31)/b25-11+. The molecule has 0 aliphatic carbocycles. The van der Waals surface area contributed by atoms with E-state index in [0.29, 0.717) is 22.6 Å². The molecule has 3 rings (SSSR count). The van der Waals surface area contributed by atoms with E-state index < -0.39 is 17.4 Å². The normalized spacial score (nSPS) is 10.8. The van der Waals surface area contributed by atoms with Crippen LogP contribution in [0.4, 0.5) is 0 Å². The van der Waals surface area contributed by atoms with Crippen molar-refractivity contribution in [2.24, 2.45) is 5.10 Å². The number of carboxylic acid groups (broad SMARTS) is 1. The minimum atomic E-state index is -1.08. The van der Waals surface area contributed by atoms with E-state index in [9.17, 15) is 24.8 Å². The summed E-state index contributed by atoms with van der Waals surface area (Å²) in [5.41, 5.74) is 3.09. The van der Waals surface area contributed by atoms with Gasteiger partial charge in [0.25, 0.3) is 11.5 Å². The maximum absolute atomic E-state index is 12.6. The molecule has 33 heavy (non-hydrogen) atoms. The molecule has 168 valence electrons. The quantitative estimate of drug-likeness (QED) is 0.397. The number of carbonyl (C=O) groups excluding carboxylic acids is 1. The highest BCUT2D eigenvalue weighted by molar-refractivity contribution is 5.95. The van der Waals surface area contributed by atoms with Crippen LogP contribution >= 0.6 is 0 Å². The summed E-state index contributed by atoms with van der Waals surface area (Å²) in [4.78, 5) is 36.2. The molecule has 2 heterocycles. The van der Waals surface area contributed by atoms with E-state index in [1.54, 1.807) is 43.3 Å². The molecule has 0 bridgehead atoms. The highest BCUT2D eigenvalue weighted by Gasteiger charge is 2.15. The molecule has 0 fully saturated rings. The van der Waals surface area contributed by atoms with Gasteiger partial charge >= 0.3 is 5.97 Å². The Morgan fingerprint density at radius 1 is 1.30 bits per heavy atom. The number of nitrogens with zero attached hydrogens (tertiary/aromatic N) is 3. The Bertz CT molecular complexity index is 1330. The number of hydrogen-bond acceptors (Lipinski definition) is 7. The van der Waals surface area contributed by atoms with E-state index in [4.69, 9.17) is 9.15 Å². The number of furan rings is 1. The van der Waals surface area contributed by atoms with Gasteiger partial charge in [0, 0.05) is 23.9 Å². The number of ether oxygens (including phenoxy) is 1. The first-order chi connectivity index (χ1) is 15.8. The summed E-state index contributed by atoms with van der Waals surface area (Å²) in [5, 5.41) is 22.4. The minimum Gasteiger partial charge on any atom is -0.478 e. The summed E-state index contributed by atoms with van der Waals surface area (Å²) in [6, 6.07) is 13.1. The van der Waals surface area contributed by atoms with Crippen molar-refractivity contribution in [3.05, 3.63) is 81.0 Å². The SMILES string of the molecule is COCc1cc(C)n(CC(=O)N/N=C/c2ccc(-c3ccccc3C(=O)O)o2)c(=O)c1C#N. The van der Waals surface area contributed by atoms with Gasteiger partial charge in [0.15, 0.2) is 0 Å². The van der Waals surface area contributed by atoms with Gasteiger partial charge in [-0.05, 0) is 31.2 Å². The largest absolute Gasteiger partial charge is 0.478 e. The number of aromatic nitrogens is 1. The lowest BCUT2D eigenvalue weighted by Crippen LogP contribution is -2.33. The Labute approximate surface area is 188 Å². The number of aryl methyl sites for hydroxylation is 1. The number of nitrogens with one attached hydrogen (secondary N) is 1. The lowest BCUT2D eigenvalue weighted by molar-refractivity contribution is -0.121. The van der Waals surface area contributed by atoms with Crippen molar-refractivity contribution >= 4 is 18.1 Å². The lowest BCUT2D eigenvalue weighted by Gasteiger charge is -2.12. The zero-order chi connectivity index (χ0) is 24.0. The molecule has 2 N–H and O–H groups in total. The van der Waals surface area contributed by atoms with Crippen LogP contribution in [0.5, 0.6) is 0 Å². The molecule has 0 aliphatic rings. The summed E-state index contributed by atoms with van der Waals surface area (Å²) < 4.78 is 11.8. The van der Waals surface area contributed by atoms with Crippen LogP contribution in [0.3, 0.4) is 0 Å². The second-order valence-corrected chi connectivity index (χ2v) is 6.97. The van der Waals surface area contributed by atoms with Crippen LogP contribution in [0, 0.1) is 18.3 Å². The zero-order valence-electron chi connectivity index (χ0n) is 17.9. The molecule has 0 saturated carbocycles. The molecule has 0 aliphatic heterocycles. The van der Waals surface area contributed by atoms with Crippen LogP contribution in [0.2, 0.25) is 0 Å². The van der Waals surface area contributed by atoms with Gasteiger partial charge in [-0.3, -0.25) is 9.59 Å². The fraction of sp³-hybridized carbons (Fsp3) is 0.174. The number of carbonyl (C=O) groups is 2. The van der Waals surface area contributed by atoms with Gasteiger partial charge in [0.1, 0.15) is 29.7 Å². The fourth-order valence-electron chi connectivity index (χ4n) is 3.22. The van der Waals surface area contributed by atoms with Crippen LogP contribution in [0.25, 0.3) is 11.3 Å². The molecule has 1 amide bonds. The third-order valence-corrected chi connectivity index (χ3v) is 4.73. The van der Waals surface area contributed by atoms with Gasteiger partial charge in [0.05, 0.1) is 18.4 Å². The predicted molar refractivity (Wildman–Crippen MR) is 118 cm³/mol. The van der Waals surface area contributed by atoms with Gasteiger partial charge in [0.2, 0.25) is 0 Å². The topological polar surface area (TPSA) is 147 Å². The lowest BCUT2D eigenvalue weighted by atomic mass is 10.1. The zero-order valence-corrected chi connectivity index (χ0v) is 17.9. The number of carboxylic acids is 1. The molecule has 0 radical (unpaired) electrons. The second-order valence-electron chi connectivity index (χ2n) is 6.97. The monoisotopic (exact) mass is 448 g/mol. The van der Waals surface area contributed by atoms with Crippen molar-refractivity contribution in [1.82, 2.24) is 9.99 Å². The molecule has 10 heteroatoms. The van der Waals surface area contributed by atoms with Gasteiger partial charge in [-0.25, -0.2) is 10.2 Å². The molecule has 2 aromatic heterocycles. The summed E-state index contributed by atoms with van der Waals surface area (Å²) in [6.07, 6.45) is 1.25. The van der Waals surface area contributed by atoms with Gasteiger partial charge < -0.3 is 18.8 Å². The molecule has 10 nitrogen and oxygen atoms in total. The summed E-state index contributed by atoms with van der Waals surface area (Å²) in [6.45, 7) is 1.43. The van der Waals surface area contributed by atoms with Crippen molar-refractivity contribution in [3.63, 3.8) is 0 Å². The van der Waals surface area contributed by atoms with E-state index in [1.807, 2.05) is 6.07 Å². The molecule has 0 spiro atoms. The number of hydrazone groups is 1. The fourth-order valence-corrected chi connectivity index (χ4v) is 3.22. The van der Waals surface area contributed by atoms with Crippen molar-refractivity contribution < 1.29 is 23.8 Å². The summed E-state index contributed by atoms with van der Waals surface area (Å²) in [7, 11) is 1.46. The number of aromatic carboxylic acids is 1. The van der Waals surface area contributed by atoms with Gasteiger partial charge in [-0.2, -0.15) is 10.4 Å².